The Morgan fingerprint density at radius 3 is 2.46 bits per heavy atom. The van der Waals surface area contributed by atoms with E-state index in [-0.39, 0.29) is 23.5 Å². The Kier molecular flexibility index (Phi) is 7.40. The van der Waals surface area contributed by atoms with Gasteiger partial charge < -0.3 is 19.2 Å². The number of aromatic amines is 1. The highest BCUT2D eigenvalue weighted by molar-refractivity contribution is 5.83. The topological polar surface area (TPSA) is 124 Å². The van der Waals surface area contributed by atoms with E-state index in [1.165, 1.54) is 0 Å². The molecular formula is C26H34N6O5. The number of aromatic nitrogens is 5. The van der Waals surface area contributed by atoms with Crippen LogP contribution in [0.3, 0.4) is 0 Å². The number of tetrazole rings is 1. The zero-order valence-electron chi connectivity index (χ0n) is 21.6. The second-order valence-corrected chi connectivity index (χ2v) is 9.73. The number of nitrogens with one attached hydrogen (secondary N) is 1. The molecule has 0 spiro atoms. The highest BCUT2D eigenvalue weighted by Gasteiger charge is 2.36. The number of hydrogen-bond donors (Lipinski definition) is 1. The van der Waals surface area contributed by atoms with Gasteiger partial charge in [0.05, 0.1) is 38.3 Å². The van der Waals surface area contributed by atoms with Gasteiger partial charge in [-0.2, -0.15) is 0 Å². The molecule has 0 bridgehead atoms. The van der Waals surface area contributed by atoms with Crippen molar-refractivity contribution in [1.29, 1.82) is 0 Å². The molecule has 1 atom stereocenters. The molecule has 0 radical (unpaired) electrons. The number of hydrogen-bond acceptors (Lipinski definition) is 9. The van der Waals surface area contributed by atoms with Crippen molar-refractivity contribution in [3.63, 3.8) is 0 Å². The molecule has 1 aliphatic heterocycles. The van der Waals surface area contributed by atoms with Gasteiger partial charge in [0.1, 0.15) is 6.04 Å². The average molecular weight is 511 g/mol. The Morgan fingerprint density at radius 1 is 1.08 bits per heavy atom. The van der Waals surface area contributed by atoms with Crippen LogP contribution in [0.15, 0.2) is 23.0 Å². The van der Waals surface area contributed by atoms with Crippen molar-refractivity contribution < 1.29 is 19.0 Å². The maximum absolute atomic E-state index is 13.6. The summed E-state index contributed by atoms with van der Waals surface area (Å²) >= 11 is 0. The highest BCUT2D eigenvalue weighted by atomic mass is 16.5. The average Bonchev–Trinajstić information content (AvgIpc) is 3.61. The lowest BCUT2D eigenvalue weighted by molar-refractivity contribution is -0.149. The van der Waals surface area contributed by atoms with Gasteiger partial charge in [-0.15, -0.1) is 5.10 Å². The first kappa shape index (κ1) is 25.2. The van der Waals surface area contributed by atoms with Crippen LogP contribution >= 0.6 is 0 Å². The molecule has 198 valence electrons. The molecule has 2 aliphatic rings. The predicted molar refractivity (Wildman–Crippen MR) is 136 cm³/mol. The number of likely N-dealkylation sites (tertiary alicyclic amines) is 1. The molecule has 5 rings (SSSR count). The van der Waals surface area contributed by atoms with Crippen LogP contribution in [0.25, 0.3) is 10.9 Å². The van der Waals surface area contributed by atoms with E-state index in [0.717, 1.165) is 31.1 Å². The summed E-state index contributed by atoms with van der Waals surface area (Å²) in [6.07, 6.45) is 5.60. The van der Waals surface area contributed by atoms with Crippen molar-refractivity contribution in [2.45, 2.75) is 57.5 Å². The van der Waals surface area contributed by atoms with Gasteiger partial charge in [-0.3, -0.25) is 14.5 Å². The zero-order valence-corrected chi connectivity index (χ0v) is 21.6. The number of carbonyl (C=O) groups excluding carboxylic acids is 1. The fourth-order valence-electron chi connectivity index (χ4n) is 5.70. The first-order chi connectivity index (χ1) is 18.0. The Morgan fingerprint density at radius 2 is 1.78 bits per heavy atom. The van der Waals surface area contributed by atoms with E-state index in [1.54, 1.807) is 20.3 Å². The van der Waals surface area contributed by atoms with Crippen molar-refractivity contribution in [3.05, 3.63) is 39.9 Å². The third-order valence-corrected chi connectivity index (χ3v) is 7.62. The maximum atomic E-state index is 13.6. The van der Waals surface area contributed by atoms with E-state index in [9.17, 15) is 9.59 Å². The lowest BCUT2D eigenvalue weighted by Gasteiger charge is -2.36. The summed E-state index contributed by atoms with van der Waals surface area (Å²) in [5, 5.41) is 13.7. The standard InChI is InChI=1S/C26H34N6O5/c1-4-37-26(34)16-9-11-31(12-10-16)23(24-28-29-30-32(24)18-7-5-6-8-18)19-13-17-14-21(35-2)22(36-3)15-20(17)27-25(19)33/h13-16,18,23H,4-12H2,1-3H3,(H,27,33)/t23-/m0/s1. The molecule has 2 fully saturated rings. The van der Waals surface area contributed by atoms with E-state index in [1.807, 2.05) is 23.7 Å². The number of ether oxygens (including phenoxy) is 3. The normalized spacial score (nSPS) is 18.2. The largest absolute Gasteiger partial charge is 0.493 e. The van der Waals surface area contributed by atoms with Crippen LogP contribution in [-0.4, -0.2) is 70.0 Å². The van der Waals surface area contributed by atoms with Crippen LogP contribution in [0.1, 0.15) is 68.9 Å². The number of nitrogens with zero attached hydrogens (tertiary/aromatic N) is 5. The van der Waals surface area contributed by atoms with Gasteiger partial charge in [0, 0.05) is 30.1 Å². The third-order valence-electron chi connectivity index (χ3n) is 7.62. The quantitative estimate of drug-likeness (QED) is 0.455. The van der Waals surface area contributed by atoms with Crippen molar-refractivity contribution >= 4 is 16.9 Å². The summed E-state index contributed by atoms with van der Waals surface area (Å²) in [7, 11) is 3.15. The van der Waals surface area contributed by atoms with E-state index < -0.39 is 6.04 Å². The number of piperidine rings is 1. The van der Waals surface area contributed by atoms with Crippen LogP contribution in [-0.2, 0) is 9.53 Å². The van der Waals surface area contributed by atoms with Gasteiger partial charge in [0.25, 0.3) is 5.56 Å². The number of rotatable bonds is 8. The smallest absolute Gasteiger partial charge is 0.309 e. The molecule has 11 nitrogen and oxygen atoms in total. The lowest BCUT2D eigenvalue weighted by atomic mass is 9.93. The second kappa shape index (κ2) is 10.9. The van der Waals surface area contributed by atoms with Gasteiger partial charge in [0.2, 0.25) is 0 Å². The fraction of sp³-hybridized carbons (Fsp3) is 0.577. The number of H-pyrrole nitrogens is 1. The zero-order chi connectivity index (χ0) is 25.9. The molecule has 11 heteroatoms. The fourth-order valence-corrected chi connectivity index (χ4v) is 5.70. The van der Waals surface area contributed by atoms with Crippen LogP contribution in [0.4, 0.5) is 0 Å². The molecule has 1 N–H and O–H groups in total. The molecule has 1 saturated carbocycles. The van der Waals surface area contributed by atoms with Crippen LogP contribution in [0.5, 0.6) is 11.5 Å². The van der Waals surface area contributed by atoms with Gasteiger partial charge in [-0.05, 0) is 55.2 Å². The minimum absolute atomic E-state index is 0.144. The summed E-state index contributed by atoms with van der Waals surface area (Å²) in [5.41, 5.74) is 1.00. The summed E-state index contributed by atoms with van der Waals surface area (Å²) in [4.78, 5) is 31.2. The summed E-state index contributed by atoms with van der Waals surface area (Å²) in [6, 6.07) is 5.28. The Hall–Kier alpha value is -3.47. The Labute approximate surface area is 215 Å². The molecule has 1 saturated heterocycles. The van der Waals surface area contributed by atoms with E-state index in [2.05, 4.69) is 25.4 Å². The van der Waals surface area contributed by atoms with E-state index in [0.29, 0.717) is 60.9 Å². The number of pyridine rings is 1. The van der Waals surface area contributed by atoms with Crippen LogP contribution in [0.2, 0.25) is 0 Å². The molecule has 1 aromatic carbocycles. The minimum Gasteiger partial charge on any atom is -0.493 e. The molecule has 3 aromatic rings. The number of fused-ring (bicyclic) bond motifs is 1. The molecule has 2 aromatic heterocycles. The molecular weight excluding hydrogens is 476 g/mol. The third kappa shape index (κ3) is 4.92. The minimum atomic E-state index is -0.458. The molecule has 1 aliphatic carbocycles. The molecule has 3 heterocycles. The molecule has 0 unspecified atom stereocenters. The van der Waals surface area contributed by atoms with Gasteiger partial charge in [-0.25, -0.2) is 4.68 Å². The first-order valence-electron chi connectivity index (χ1n) is 13.0. The first-order valence-corrected chi connectivity index (χ1v) is 13.0. The van der Waals surface area contributed by atoms with Crippen LogP contribution < -0.4 is 15.0 Å². The van der Waals surface area contributed by atoms with Gasteiger partial charge >= 0.3 is 5.97 Å². The van der Waals surface area contributed by atoms with Crippen molar-refractivity contribution in [2.24, 2.45) is 5.92 Å². The number of benzene rings is 1. The number of carbonyl (C=O) groups is 1. The van der Waals surface area contributed by atoms with Gasteiger partial charge in [-0.1, -0.05) is 12.8 Å². The number of methoxy groups -OCH3 is 2. The molecule has 37 heavy (non-hydrogen) atoms. The van der Waals surface area contributed by atoms with Crippen molar-refractivity contribution in [1.82, 2.24) is 30.1 Å². The van der Waals surface area contributed by atoms with Crippen molar-refractivity contribution in [3.8, 4) is 11.5 Å². The van der Waals surface area contributed by atoms with Crippen LogP contribution in [0, 0.1) is 5.92 Å². The van der Waals surface area contributed by atoms with Crippen molar-refractivity contribution in [2.75, 3.05) is 33.9 Å². The van der Waals surface area contributed by atoms with E-state index in [4.69, 9.17) is 14.2 Å². The SMILES string of the molecule is CCOC(=O)C1CCN([C@@H](c2cc3cc(OC)c(OC)cc3[nH]c2=O)c2nnnn2C2CCCC2)CC1. The molecule has 0 amide bonds. The summed E-state index contributed by atoms with van der Waals surface area (Å²) in [6.45, 7) is 3.44. The Balaban J connectivity index is 1.57. The highest BCUT2D eigenvalue weighted by Crippen LogP contribution is 2.37. The lowest BCUT2D eigenvalue weighted by Crippen LogP contribution is -2.42. The van der Waals surface area contributed by atoms with E-state index >= 15 is 0 Å². The summed E-state index contributed by atoms with van der Waals surface area (Å²) < 4.78 is 18.1. The predicted octanol–water partition coefficient (Wildman–Crippen LogP) is 3.01. The summed E-state index contributed by atoms with van der Waals surface area (Å²) in [5.74, 6) is 1.48. The van der Waals surface area contributed by atoms with Gasteiger partial charge in [0.15, 0.2) is 17.3 Å². The second-order valence-electron chi connectivity index (χ2n) is 9.73. The number of esters is 1. The Bertz CT molecular complexity index is 1310. The monoisotopic (exact) mass is 510 g/mol. The maximum Gasteiger partial charge on any atom is 0.309 e.